The molecule has 90 valence electrons. The summed E-state index contributed by atoms with van der Waals surface area (Å²) < 4.78 is 10.1. The van der Waals surface area contributed by atoms with Gasteiger partial charge in [0, 0.05) is 6.61 Å². The summed E-state index contributed by atoms with van der Waals surface area (Å²) in [5.74, 6) is 0.205. The summed E-state index contributed by atoms with van der Waals surface area (Å²) in [5, 5.41) is 0. The lowest BCUT2D eigenvalue weighted by molar-refractivity contribution is -0.169. The van der Waals surface area contributed by atoms with Gasteiger partial charge >= 0.3 is 5.97 Å². The average molecular weight is 216 g/mol. The van der Waals surface area contributed by atoms with Gasteiger partial charge in [-0.3, -0.25) is 4.79 Å². The second kappa shape index (κ2) is 6.83. The van der Waals surface area contributed by atoms with E-state index in [9.17, 15) is 4.79 Å². The standard InChI is InChI=1S/C12H24O3/c1-6-10(7-2)12(4,5)11(13)15-9-14-8-3/h10H,6-9H2,1-5H3. The van der Waals surface area contributed by atoms with Crippen molar-refractivity contribution >= 4 is 5.97 Å². The fraction of sp³-hybridized carbons (Fsp3) is 0.917. The van der Waals surface area contributed by atoms with E-state index < -0.39 is 5.41 Å². The van der Waals surface area contributed by atoms with Crippen LogP contribution in [0, 0.1) is 11.3 Å². The molecule has 0 heterocycles. The molecule has 0 amide bonds. The Hall–Kier alpha value is -0.570. The second-order valence-corrected chi connectivity index (χ2v) is 4.28. The molecule has 3 nitrogen and oxygen atoms in total. The molecule has 15 heavy (non-hydrogen) atoms. The summed E-state index contributed by atoms with van der Waals surface area (Å²) in [4.78, 5) is 11.8. The van der Waals surface area contributed by atoms with Gasteiger partial charge in [0.05, 0.1) is 5.41 Å². The van der Waals surface area contributed by atoms with Crippen LogP contribution in [-0.2, 0) is 14.3 Å². The minimum absolute atomic E-state index is 0.0684. The van der Waals surface area contributed by atoms with Gasteiger partial charge in [0.25, 0.3) is 0 Å². The lowest BCUT2D eigenvalue weighted by Gasteiger charge is -2.30. The highest BCUT2D eigenvalue weighted by Gasteiger charge is 2.36. The van der Waals surface area contributed by atoms with Crippen molar-refractivity contribution < 1.29 is 14.3 Å². The van der Waals surface area contributed by atoms with Crippen LogP contribution in [0.4, 0.5) is 0 Å². The number of carbonyl (C=O) groups is 1. The molecule has 0 fully saturated rings. The minimum atomic E-state index is -0.416. The first-order chi connectivity index (χ1) is 7.00. The van der Waals surface area contributed by atoms with Crippen LogP contribution in [0.25, 0.3) is 0 Å². The summed E-state index contributed by atoms with van der Waals surface area (Å²) in [6.45, 7) is 10.6. The molecule has 0 aromatic heterocycles. The molecule has 0 rings (SSSR count). The average Bonchev–Trinajstić information content (AvgIpc) is 2.19. The molecule has 0 saturated heterocycles. The topological polar surface area (TPSA) is 35.5 Å². The van der Waals surface area contributed by atoms with E-state index in [-0.39, 0.29) is 12.8 Å². The maximum absolute atomic E-state index is 11.8. The quantitative estimate of drug-likeness (QED) is 0.373. The summed E-state index contributed by atoms with van der Waals surface area (Å²) in [5.41, 5.74) is -0.416. The number of hydrogen-bond donors (Lipinski definition) is 0. The summed E-state index contributed by atoms with van der Waals surface area (Å²) >= 11 is 0. The first kappa shape index (κ1) is 14.4. The highest BCUT2D eigenvalue weighted by molar-refractivity contribution is 5.76. The van der Waals surface area contributed by atoms with E-state index >= 15 is 0 Å². The number of ether oxygens (including phenoxy) is 2. The van der Waals surface area contributed by atoms with Crippen molar-refractivity contribution in [3.63, 3.8) is 0 Å². The van der Waals surface area contributed by atoms with E-state index in [1.165, 1.54) is 0 Å². The van der Waals surface area contributed by atoms with Crippen LogP contribution in [0.5, 0.6) is 0 Å². The van der Waals surface area contributed by atoms with Gasteiger partial charge < -0.3 is 9.47 Å². The first-order valence-electron chi connectivity index (χ1n) is 5.75. The zero-order chi connectivity index (χ0) is 11.9. The molecule has 0 aliphatic carbocycles. The summed E-state index contributed by atoms with van der Waals surface area (Å²) in [7, 11) is 0. The van der Waals surface area contributed by atoms with Crippen LogP contribution in [0.1, 0.15) is 47.5 Å². The molecule has 0 bridgehead atoms. The van der Waals surface area contributed by atoms with Gasteiger partial charge in [-0.15, -0.1) is 0 Å². The van der Waals surface area contributed by atoms with Crippen molar-refractivity contribution in [1.82, 2.24) is 0 Å². The lowest BCUT2D eigenvalue weighted by Crippen LogP contribution is -2.34. The number of carbonyl (C=O) groups excluding carboxylic acids is 1. The lowest BCUT2D eigenvalue weighted by atomic mass is 9.76. The Balaban J connectivity index is 4.23. The monoisotopic (exact) mass is 216 g/mol. The van der Waals surface area contributed by atoms with Gasteiger partial charge in [-0.1, -0.05) is 26.7 Å². The van der Waals surface area contributed by atoms with E-state index in [1.54, 1.807) is 0 Å². The van der Waals surface area contributed by atoms with Gasteiger partial charge in [-0.05, 0) is 26.7 Å². The Morgan fingerprint density at radius 3 is 2.13 bits per heavy atom. The Morgan fingerprint density at radius 1 is 1.20 bits per heavy atom. The fourth-order valence-electron chi connectivity index (χ4n) is 1.84. The molecule has 3 heteroatoms. The second-order valence-electron chi connectivity index (χ2n) is 4.28. The SMILES string of the molecule is CCOCOC(=O)C(C)(C)C(CC)CC. The van der Waals surface area contributed by atoms with Crippen LogP contribution in [0.3, 0.4) is 0 Å². The van der Waals surface area contributed by atoms with Crippen LogP contribution in [0.2, 0.25) is 0 Å². The van der Waals surface area contributed by atoms with Crippen LogP contribution >= 0.6 is 0 Å². The Labute approximate surface area is 93.1 Å². The van der Waals surface area contributed by atoms with Crippen molar-refractivity contribution in [1.29, 1.82) is 0 Å². The first-order valence-corrected chi connectivity index (χ1v) is 5.75. The van der Waals surface area contributed by atoms with Crippen molar-refractivity contribution in [2.24, 2.45) is 11.3 Å². The summed E-state index contributed by atoms with van der Waals surface area (Å²) in [6, 6.07) is 0. The van der Waals surface area contributed by atoms with Crippen LogP contribution < -0.4 is 0 Å². The highest BCUT2D eigenvalue weighted by Crippen LogP contribution is 2.33. The van der Waals surface area contributed by atoms with E-state index in [0.717, 1.165) is 12.8 Å². The van der Waals surface area contributed by atoms with Gasteiger partial charge in [0.15, 0.2) is 6.79 Å². The molecule has 0 unspecified atom stereocenters. The molecule has 0 spiro atoms. The summed E-state index contributed by atoms with van der Waals surface area (Å²) in [6.07, 6.45) is 1.99. The highest BCUT2D eigenvalue weighted by atomic mass is 16.7. The molecule has 0 N–H and O–H groups in total. The van der Waals surface area contributed by atoms with Gasteiger partial charge in [-0.25, -0.2) is 0 Å². The van der Waals surface area contributed by atoms with E-state index in [1.807, 2.05) is 20.8 Å². The number of esters is 1. The van der Waals surface area contributed by atoms with Crippen molar-refractivity contribution in [3.8, 4) is 0 Å². The van der Waals surface area contributed by atoms with E-state index in [2.05, 4.69) is 13.8 Å². The zero-order valence-corrected chi connectivity index (χ0v) is 10.6. The predicted octanol–water partition coefficient (Wildman–Crippen LogP) is 2.99. The van der Waals surface area contributed by atoms with E-state index in [0.29, 0.717) is 12.5 Å². The molecule has 0 aliphatic rings. The molecule has 0 aliphatic heterocycles. The predicted molar refractivity (Wildman–Crippen MR) is 60.4 cm³/mol. The Bertz CT molecular complexity index is 183. The molecular weight excluding hydrogens is 192 g/mol. The van der Waals surface area contributed by atoms with Gasteiger partial charge in [-0.2, -0.15) is 0 Å². The third kappa shape index (κ3) is 4.20. The number of rotatable bonds is 7. The smallest absolute Gasteiger partial charge is 0.313 e. The number of hydrogen-bond acceptors (Lipinski definition) is 3. The van der Waals surface area contributed by atoms with Crippen molar-refractivity contribution in [2.45, 2.75) is 47.5 Å². The van der Waals surface area contributed by atoms with Crippen molar-refractivity contribution in [3.05, 3.63) is 0 Å². The van der Waals surface area contributed by atoms with Gasteiger partial charge in [0.2, 0.25) is 0 Å². The third-order valence-corrected chi connectivity index (χ3v) is 3.01. The zero-order valence-electron chi connectivity index (χ0n) is 10.6. The molecule has 0 saturated carbocycles. The normalized spacial score (nSPS) is 11.9. The third-order valence-electron chi connectivity index (χ3n) is 3.01. The van der Waals surface area contributed by atoms with Crippen LogP contribution in [0.15, 0.2) is 0 Å². The van der Waals surface area contributed by atoms with E-state index in [4.69, 9.17) is 9.47 Å². The molecule has 0 aromatic carbocycles. The maximum atomic E-state index is 11.8. The Kier molecular flexibility index (Phi) is 6.57. The van der Waals surface area contributed by atoms with Crippen LogP contribution in [-0.4, -0.2) is 19.4 Å². The van der Waals surface area contributed by atoms with Crippen molar-refractivity contribution in [2.75, 3.05) is 13.4 Å². The molecular formula is C12H24O3. The maximum Gasteiger partial charge on any atom is 0.313 e. The van der Waals surface area contributed by atoms with Gasteiger partial charge in [0.1, 0.15) is 0 Å². The Morgan fingerprint density at radius 2 is 1.73 bits per heavy atom. The molecule has 0 radical (unpaired) electrons. The fourth-order valence-corrected chi connectivity index (χ4v) is 1.84. The largest absolute Gasteiger partial charge is 0.438 e. The minimum Gasteiger partial charge on any atom is -0.438 e. The molecule has 0 atom stereocenters. The molecule has 0 aromatic rings.